The lowest BCUT2D eigenvalue weighted by atomic mass is 9.88. The molecule has 0 amide bonds. The largest absolute Gasteiger partial charge is 0.355 e. The summed E-state index contributed by atoms with van der Waals surface area (Å²) in [6.07, 6.45) is -2.40. The first-order chi connectivity index (χ1) is 20.4. The van der Waals surface area contributed by atoms with E-state index in [1.807, 2.05) is 67.6 Å². The summed E-state index contributed by atoms with van der Waals surface area (Å²) in [7, 11) is 3.14. The SMILES string of the molecule is CO[C@H]1OC2COC(c3ccccc3)O[C@H]2[C@H](C)C1N.CO[C@H]1OC2COC(c3ccccc3)O[C@H]2[C@H](C)C1N=[N+]=[N-]. The van der Waals surface area contributed by atoms with Crippen LogP contribution >= 0.6 is 0 Å². The van der Waals surface area contributed by atoms with E-state index in [1.54, 1.807) is 7.11 Å². The van der Waals surface area contributed by atoms with E-state index in [9.17, 15) is 0 Å². The molecule has 4 aliphatic heterocycles. The predicted octanol–water partition coefficient (Wildman–Crippen LogP) is 4.22. The third-order valence-electron chi connectivity index (χ3n) is 8.30. The number of fused-ring (bicyclic) bond motifs is 2. The molecule has 12 atom stereocenters. The van der Waals surface area contributed by atoms with Crippen molar-refractivity contribution in [3.8, 4) is 0 Å². The zero-order valence-corrected chi connectivity index (χ0v) is 24.3. The van der Waals surface area contributed by atoms with E-state index in [4.69, 9.17) is 49.2 Å². The molecule has 42 heavy (non-hydrogen) atoms. The maximum atomic E-state index is 8.76. The minimum Gasteiger partial charge on any atom is -0.355 e. The molecular weight excluding hydrogens is 544 g/mol. The predicted molar refractivity (Wildman–Crippen MR) is 151 cm³/mol. The fourth-order valence-electron chi connectivity index (χ4n) is 5.87. The summed E-state index contributed by atoms with van der Waals surface area (Å²) in [5.74, 6) is 0.114. The molecule has 4 fully saturated rings. The Labute approximate surface area is 245 Å². The molecule has 0 radical (unpaired) electrons. The first-order valence-corrected chi connectivity index (χ1v) is 14.3. The maximum absolute atomic E-state index is 8.76. The van der Waals surface area contributed by atoms with Crippen molar-refractivity contribution in [2.45, 2.75) is 75.5 Å². The number of nitrogens with zero attached hydrogens (tertiary/aromatic N) is 3. The number of ether oxygens (including phenoxy) is 8. The summed E-state index contributed by atoms with van der Waals surface area (Å²) in [6, 6.07) is 19.0. The van der Waals surface area contributed by atoms with Crippen LogP contribution in [0.5, 0.6) is 0 Å². The summed E-state index contributed by atoms with van der Waals surface area (Å²) in [5.41, 5.74) is 16.9. The highest BCUT2D eigenvalue weighted by Crippen LogP contribution is 2.38. The molecule has 0 saturated carbocycles. The van der Waals surface area contributed by atoms with Crippen molar-refractivity contribution in [1.29, 1.82) is 0 Å². The van der Waals surface area contributed by atoms with Gasteiger partial charge in [0.1, 0.15) is 12.2 Å². The van der Waals surface area contributed by atoms with Crippen molar-refractivity contribution in [3.63, 3.8) is 0 Å². The molecule has 4 heterocycles. The highest BCUT2D eigenvalue weighted by Gasteiger charge is 2.48. The van der Waals surface area contributed by atoms with Gasteiger partial charge in [-0.2, -0.15) is 0 Å². The maximum Gasteiger partial charge on any atom is 0.184 e. The molecule has 6 unspecified atom stereocenters. The number of rotatable bonds is 5. The smallest absolute Gasteiger partial charge is 0.184 e. The van der Waals surface area contributed by atoms with Gasteiger partial charge in [-0.25, -0.2) is 0 Å². The van der Waals surface area contributed by atoms with Crippen LogP contribution in [0, 0.1) is 11.8 Å². The Balaban J connectivity index is 0.000000169. The van der Waals surface area contributed by atoms with Crippen LogP contribution in [0.3, 0.4) is 0 Å². The summed E-state index contributed by atoms with van der Waals surface area (Å²) in [6.45, 7) is 4.96. The van der Waals surface area contributed by atoms with Crippen molar-refractivity contribution in [1.82, 2.24) is 0 Å². The molecule has 2 aromatic rings. The first kappa shape index (κ1) is 30.8. The highest BCUT2D eigenvalue weighted by molar-refractivity contribution is 5.17. The fourth-order valence-corrected chi connectivity index (χ4v) is 5.87. The first-order valence-electron chi connectivity index (χ1n) is 14.3. The van der Waals surface area contributed by atoms with Gasteiger partial charge in [-0.3, -0.25) is 0 Å². The van der Waals surface area contributed by atoms with E-state index in [-0.39, 0.29) is 48.6 Å². The van der Waals surface area contributed by atoms with Crippen molar-refractivity contribution < 1.29 is 37.9 Å². The van der Waals surface area contributed by atoms with E-state index >= 15 is 0 Å². The van der Waals surface area contributed by atoms with Gasteiger partial charge in [0.05, 0.1) is 37.5 Å². The van der Waals surface area contributed by atoms with Crippen molar-refractivity contribution >= 4 is 0 Å². The monoisotopic (exact) mass is 584 g/mol. The zero-order chi connectivity index (χ0) is 29.6. The molecule has 12 heteroatoms. The second kappa shape index (κ2) is 14.2. The molecule has 0 spiro atoms. The van der Waals surface area contributed by atoms with Crippen LogP contribution in [0.2, 0.25) is 0 Å². The van der Waals surface area contributed by atoms with Crippen molar-refractivity contribution in [2.24, 2.45) is 22.7 Å². The molecular formula is C30H40N4O8. The highest BCUT2D eigenvalue weighted by atomic mass is 16.7. The Morgan fingerprint density at radius 3 is 1.69 bits per heavy atom. The summed E-state index contributed by atoms with van der Waals surface area (Å²) < 4.78 is 45.9. The Morgan fingerprint density at radius 1 is 0.738 bits per heavy atom. The van der Waals surface area contributed by atoms with Crippen LogP contribution in [-0.4, -0.2) is 76.5 Å². The number of methoxy groups -OCH3 is 2. The third-order valence-corrected chi connectivity index (χ3v) is 8.30. The molecule has 2 aromatic carbocycles. The van der Waals surface area contributed by atoms with E-state index in [1.165, 1.54) is 7.11 Å². The zero-order valence-electron chi connectivity index (χ0n) is 24.3. The Kier molecular flexibility index (Phi) is 10.5. The Morgan fingerprint density at radius 2 is 1.21 bits per heavy atom. The standard InChI is InChI=1S/C15H19N3O4.C15H21NO4/c1-9-12(17-18-16)15(19-2)21-11-8-20-14(22-13(9)11)10-6-4-3-5-7-10;1-9-12(16)15(17-2)19-11-8-18-14(20-13(9)11)10-6-4-3-5-7-10/h3-7,9,11-15H,8H2,1-2H3;3-7,9,11-15H,8,16H2,1-2H3/t2*9-,11?,12?,13+,14?,15+/m11/s1. The van der Waals surface area contributed by atoms with Gasteiger partial charge in [-0.1, -0.05) is 79.6 Å². The molecule has 4 aliphatic rings. The summed E-state index contributed by atoms with van der Waals surface area (Å²) >= 11 is 0. The van der Waals surface area contributed by atoms with Crippen LogP contribution in [0.25, 0.3) is 10.4 Å². The second-order valence-corrected chi connectivity index (χ2v) is 10.9. The van der Waals surface area contributed by atoms with Gasteiger partial charge in [0.15, 0.2) is 25.2 Å². The lowest BCUT2D eigenvalue weighted by Gasteiger charge is -2.47. The summed E-state index contributed by atoms with van der Waals surface area (Å²) in [4.78, 5) is 2.90. The number of hydrogen-bond donors (Lipinski definition) is 1. The molecule has 6 rings (SSSR count). The molecule has 0 aromatic heterocycles. The number of hydrogen-bond acceptors (Lipinski definition) is 10. The molecule has 228 valence electrons. The van der Waals surface area contributed by atoms with Crippen LogP contribution in [-0.2, 0) is 37.9 Å². The average Bonchev–Trinajstić information content (AvgIpc) is 3.05. The van der Waals surface area contributed by atoms with Crippen LogP contribution < -0.4 is 5.73 Å². The van der Waals surface area contributed by atoms with Gasteiger partial charge in [0.2, 0.25) is 0 Å². The van der Waals surface area contributed by atoms with Gasteiger partial charge in [0, 0.05) is 36.2 Å². The van der Waals surface area contributed by atoms with E-state index in [0.29, 0.717) is 13.2 Å². The normalized spacial score (nSPS) is 39.5. The van der Waals surface area contributed by atoms with E-state index in [0.717, 1.165) is 11.1 Å². The number of benzene rings is 2. The second-order valence-electron chi connectivity index (χ2n) is 10.9. The molecule has 0 bridgehead atoms. The van der Waals surface area contributed by atoms with Crippen LogP contribution in [0.1, 0.15) is 37.6 Å². The minimum atomic E-state index is -0.576. The van der Waals surface area contributed by atoms with Crippen LogP contribution in [0.15, 0.2) is 65.8 Å². The topological polar surface area (TPSA) is 149 Å². The number of nitrogens with two attached hydrogens (primary N) is 1. The fraction of sp³-hybridized carbons (Fsp3) is 0.600. The lowest BCUT2D eigenvalue weighted by Crippen LogP contribution is -2.61. The van der Waals surface area contributed by atoms with Crippen molar-refractivity contribution in [2.75, 3.05) is 27.4 Å². The van der Waals surface area contributed by atoms with Crippen LogP contribution in [0.4, 0.5) is 0 Å². The molecule has 4 saturated heterocycles. The quantitative estimate of drug-likeness (QED) is 0.310. The van der Waals surface area contributed by atoms with Gasteiger partial charge in [-0.15, -0.1) is 0 Å². The minimum absolute atomic E-state index is 0.0327. The Bertz CT molecular complexity index is 1170. The van der Waals surface area contributed by atoms with E-state index in [2.05, 4.69) is 16.9 Å². The van der Waals surface area contributed by atoms with Gasteiger partial charge < -0.3 is 43.6 Å². The van der Waals surface area contributed by atoms with Gasteiger partial charge >= 0.3 is 0 Å². The molecule has 0 aliphatic carbocycles. The number of azide groups is 1. The van der Waals surface area contributed by atoms with E-state index < -0.39 is 24.9 Å². The molecule has 2 N–H and O–H groups in total. The van der Waals surface area contributed by atoms with Gasteiger partial charge in [0.25, 0.3) is 0 Å². The lowest BCUT2D eigenvalue weighted by molar-refractivity contribution is -0.330. The van der Waals surface area contributed by atoms with Gasteiger partial charge in [-0.05, 0) is 11.4 Å². The van der Waals surface area contributed by atoms with Crippen molar-refractivity contribution in [3.05, 3.63) is 82.2 Å². The molecule has 12 nitrogen and oxygen atoms in total. The summed E-state index contributed by atoms with van der Waals surface area (Å²) in [5, 5.41) is 3.82. The third kappa shape index (κ3) is 6.63. The average molecular weight is 585 g/mol. The Hall–Kier alpha value is -2.61.